The Morgan fingerprint density at radius 3 is 2.50 bits per heavy atom. The van der Waals surface area contributed by atoms with Gasteiger partial charge in [0.2, 0.25) is 6.40 Å². The van der Waals surface area contributed by atoms with E-state index in [1.165, 1.54) is 0 Å². The van der Waals surface area contributed by atoms with Crippen LogP contribution in [0.3, 0.4) is 0 Å². The predicted molar refractivity (Wildman–Crippen MR) is 34.6 cm³/mol. The summed E-state index contributed by atoms with van der Waals surface area (Å²) < 4.78 is 4.58. The molecule has 0 fully saturated rings. The van der Waals surface area contributed by atoms with Gasteiger partial charge in [-0.2, -0.15) is 0 Å². The minimum atomic E-state index is -0.0721. The molecular formula is C5H11NO4. The van der Waals surface area contributed by atoms with Crippen molar-refractivity contribution in [3.8, 4) is 0 Å². The summed E-state index contributed by atoms with van der Waals surface area (Å²) in [5, 5.41) is 19.7. The molecule has 0 bridgehead atoms. The summed E-state index contributed by atoms with van der Waals surface area (Å²) in [6, 6.07) is 0. The Labute approximate surface area is 58.9 Å². The molecule has 0 unspecified atom stereocenters. The summed E-state index contributed by atoms with van der Waals surface area (Å²) in [6.07, 6.45) is 1.08. The van der Waals surface area contributed by atoms with Crippen molar-refractivity contribution in [1.29, 1.82) is 0 Å². The van der Waals surface area contributed by atoms with Crippen molar-refractivity contribution in [1.82, 2.24) is 0 Å². The van der Waals surface area contributed by atoms with Gasteiger partial charge in [0.15, 0.2) is 0 Å². The van der Waals surface area contributed by atoms with Crippen molar-refractivity contribution in [3.05, 3.63) is 0 Å². The van der Waals surface area contributed by atoms with Crippen LogP contribution in [0.5, 0.6) is 0 Å². The average molecular weight is 149 g/mol. The summed E-state index contributed by atoms with van der Waals surface area (Å²) in [4.78, 5) is 4.44. The maximum Gasteiger partial charge on any atom is 0.212 e. The number of ether oxygens (including phenoxy) is 1. The lowest BCUT2D eigenvalue weighted by Crippen LogP contribution is -1.98. The molecule has 0 aromatic rings. The molecule has 0 radical (unpaired) electrons. The molecule has 0 aromatic carbocycles. The molecule has 0 amide bonds. The lowest BCUT2D eigenvalue weighted by atomic mass is 10.8. The van der Waals surface area contributed by atoms with E-state index in [4.69, 9.17) is 10.2 Å². The lowest BCUT2D eigenvalue weighted by Gasteiger charge is -1.94. The van der Waals surface area contributed by atoms with E-state index in [2.05, 4.69) is 14.7 Å². The van der Waals surface area contributed by atoms with Gasteiger partial charge in [-0.15, -0.1) is 0 Å². The maximum absolute atomic E-state index is 8.20. The number of oxime groups is 1. The van der Waals surface area contributed by atoms with E-state index in [0.29, 0.717) is 0 Å². The quantitative estimate of drug-likeness (QED) is 0.219. The van der Waals surface area contributed by atoms with Gasteiger partial charge in [0.05, 0.1) is 13.2 Å². The second-order valence-corrected chi connectivity index (χ2v) is 1.36. The lowest BCUT2D eigenvalue weighted by molar-refractivity contribution is 0.0922. The average Bonchev–Trinajstić information content (AvgIpc) is 1.97. The molecule has 60 valence electrons. The first-order valence-corrected chi connectivity index (χ1v) is 2.89. The number of aliphatic hydroxyl groups excluding tert-OH is 2. The van der Waals surface area contributed by atoms with E-state index in [0.717, 1.165) is 6.40 Å². The van der Waals surface area contributed by atoms with E-state index in [9.17, 15) is 0 Å². The Kier molecular flexibility index (Phi) is 7.53. The van der Waals surface area contributed by atoms with E-state index in [1.54, 1.807) is 0 Å². The van der Waals surface area contributed by atoms with Crippen molar-refractivity contribution in [2.24, 2.45) is 5.16 Å². The third-order valence-corrected chi connectivity index (χ3v) is 0.584. The third-order valence-electron chi connectivity index (χ3n) is 0.584. The highest BCUT2D eigenvalue weighted by molar-refractivity contribution is 5.44. The van der Waals surface area contributed by atoms with E-state index >= 15 is 0 Å². The fourth-order valence-electron chi connectivity index (χ4n) is 0.260. The zero-order chi connectivity index (χ0) is 7.66. The normalized spacial score (nSPS) is 10.2. The van der Waals surface area contributed by atoms with Crippen LogP contribution in [0.1, 0.15) is 0 Å². The SMILES string of the molecule is OCCOC=NOCCO. The van der Waals surface area contributed by atoms with Gasteiger partial charge in [0.25, 0.3) is 0 Å². The van der Waals surface area contributed by atoms with Crippen LogP contribution in [0.4, 0.5) is 0 Å². The van der Waals surface area contributed by atoms with Gasteiger partial charge in [0, 0.05) is 0 Å². The Hall–Kier alpha value is -0.810. The zero-order valence-electron chi connectivity index (χ0n) is 5.56. The van der Waals surface area contributed by atoms with E-state index < -0.39 is 0 Å². The molecule has 10 heavy (non-hydrogen) atoms. The van der Waals surface area contributed by atoms with Crippen LogP contribution in [0, 0.1) is 0 Å². The molecule has 0 spiro atoms. The second kappa shape index (κ2) is 8.19. The Bertz CT molecular complexity index is 75.7. The van der Waals surface area contributed by atoms with Crippen molar-refractivity contribution in [2.75, 3.05) is 26.4 Å². The molecule has 5 heteroatoms. The number of hydrogen-bond donors (Lipinski definition) is 2. The molecular weight excluding hydrogens is 138 g/mol. The molecule has 2 N–H and O–H groups in total. The first-order chi connectivity index (χ1) is 4.91. The molecule has 0 heterocycles. The van der Waals surface area contributed by atoms with Crippen molar-refractivity contribution in [2.45, 2.75) is 0 Å². The molecule has 0 aromatic heterocycles. The number of hydrogen-bond acceptors (Lipinski definition) is 5. The van der Waals surface area contributed by atoms with Gasteiger partial charge >= 0.3 is 0 Å². The highest BCUT2D eigenvalue weighted by atomic mass is 16.6. The minimum Gasteiger partial charge on any atom is -0.478 e. The van der Waals surface area contributed by atoms with Crippen LogP contribution >= 0.6 is 0 Å². The second-order valence-electron chi connectivity index (χ2n) is 1.36. The number of nitrogens with zero attached hydrogens (tertiary/aromatic N) is 1. The molecule has 0 aliphatic carbocycles. The molecule has 0 rings (SSSR count). The van der Waals surface area contributed by atoms with Crippen LogP contribution in [-0.2, 0) is 9.57 Å². The Morgan fingerprint density at radius 1 is 1.20 bits per heavy atom. The first-order valence-electron chi connectivity index (χ1n) is 2.89. The monoisotopic (exact) mass is 149 g/mol. The van der Waals surface area contributed by atoms with Crippen LogP contribution in [0.25, 0.3) is 0 Å². The highest BCUT2D eigenvalue weighted by Crippen LogP contribution is 1.73. The van der Waals surface area contributed by atoms with Gasteiger partial charge in [-0.1, -0.05) is 5.16 Å². The highest BCUT2D eigenvalue weighted by Gasteiger charge is 1.78. The largest absolute Gasteiger partial charge is 0.478 e. The molecule has 0 atom stereocenters. The molecule has 0 aliphatic rings. The van der Waals surface area contributed by atoms with Gasteiger partial charge in [-0.3, -0.25) is 0 Å². The summed E-state index contributed by atoms with van der Waals surface area (Å²) >= 11 is 0. The van der Waals surface area contributed by atoms with Crippen LogP contribution in [0.2, 0.25) is 0 Å². The van der Waals surface area contributed by atoms with Gasteiger partial charge in [0.1, 0.15) is 13.2 Å². The summed E-state index contributed by atoms with van der Waals surface area (Å²) in [5.41, 5.74) is 0. The standard InChI is InChI=1S/C5H11NO4/c7-1-3-9-5-6-10-4-2-8/h5,7-8H,1-4H2. The molecule has 0 saturated carbocycles. The maximum atomic E-state index is 8.20. The third kappa shape index (κ3) is 7.19. The number of rotatable bonds is 6. The van der Waals surface area contributed by atoms with Gasteiger partial charge in [-0.25, -0.2) is 0 Å². The smallest absolute Gasteiger partial charge is 0.212 e. The summed E-state index contributed by atoms with van der Waals surface area (Å²) in [6.45, 7) is 0.230. The van der Waals surface area contributed by atoms with E-state index in [1.807, 2.05) is 0 Å². The fourth-order valence-corrected chi connectivity index (χ4v) is 0.260. The van der Waals surface area contributed by atoms with Crippen molar-refractivity contribution < 1.29 is 19.8 Å². The van der Waals surface area contributed by atoms with Gasteiger partial charge in [-0.05, 0) is 0 Å². The van der Waals surface area contributed by atoms with Crippen LogP contribution in [0.15, 0.2) is 5.16 Å². The Balaban J connectivity index is 2.89. The summed E-state index contributed by atoms with van der Waals surface area (Å²) in [5.74, 6) is 0. The molecule has 5 nitrogen and oxygen atoms in total. The molecule has 0 saturated heterocycles. The predicted octanol–water partition coefficient (Wildman–Crippen LogP) is -1.05. The summed E-state index contributed by atoms with van der Waals surface area (Å²) in [7, 11) is 0. The van der Waals surface area contributed by atoms with Crippen molar-refractivity contribution >= 4 is 6.40 Å². The van der Waals surface area contributed by atoms with Gasteiger partial charge < -0.3 is 19.8 Å². The fraction of sp³-hybridized carbons (Fsp3) is 0.800. The zero-order valence-corrected chi connectivity index (χ0v) is 5.56. The number of aliphatic hydroxyl groups is 2. The van der Waals surface area contributed by atoms with E-state index in [-0.39, 0.29) is 26.4 Å². The van der Waals surface area contributed by atoms with Crippen LogP contribution < -0.4 is 0 Å². The Morgan fingerprint density at radius 2 is 1.90 bits per heavy atom. The van der Waals surface area contributed by atoms with Crippen molar-refractivity contribution in [3.63, 3.8) is 0 Å². The molecule has 0 aliphatic heterocycles. The first kappa shape index (κ1) is 9.19. The minimum absolute atomic E-state index is 0.0496. The van der Waals surface area contributed by atoms with Crippen LogP contribution in [-0.4, -0.2) is 43.0 Å². The topological polar surface area (TPSA) is 71.3 Å².